The second kappa shape index (κ2) is 29.3. The highest BCUT2D eigenvalue weighted by molar-refractivity contribution is 5.98. The Morgan fingerprint density at radius 1 is 0.340 bits per heavy atom. The summed E-state index contributed by atoms with van der Waals surface area (Å²) in [4.78, 5) is 15.2. The maximum atomic E-state index is 17.0. The molecule has 14 unspecified atom stereocenters. The second-order valence-electron chi connectivity index (χ2n) is 25.9. The van der Waals surface area contributed by atoms with E-state index < -0.39 is 229 Å². The molecule has 7 aromatic rings. The summed E-state index contributed by atoms with van der Waals surface area (Å²) < 4.78 is 148. The highest BCUT2D eigenvalue weighted by Gasteiger charge is 2.82. The molecule has 36 heteroatoms. The average Bonchev–Trinajstić information content (AvgIpc) is 1.49. The fourth-order valence-corrected chi connectivity index (χ4v) is 13.6. The molecule has 4 saturated heterocycles. The van der Waals surface area contributed by atoms with Crippen molar-refractivity contribution in [3.63, 3.8) is 0 Å². The van der Waals surface area contributed by atoms with E-state index in [0.717, 1.165) is 60.7 Å². The van der Waals surface area contributed by atoms with E-state index in [-0.39, 0.29) is 56.2 Å². The largest absolute Gasteiger partial charge is 0.462 e. The Kier molecular flexibility index (Phi) is 21.0. The fraction of sp³-hybridized carbons (Fsp3) is 0.400. The molecule has 4 aromatic carbocycles. The first-order valence-corrected chi connectivity index (χ1v) is 32.7. The summed E-state index contributed by atoms with van der Waals surface area (Å²) in [6, 6.07) is 23.9. The SMILES string of the molecule is OCC1O[C@@H](Oc2cccc(-c3c4nc(c(-c5cccc(O[C@@H]6OC(CO)[C@@H](O)C(O)C6O)c5)c5ccc([nH]5)c(-c5cccc(O[C@@H]6OC(CO)[C@@H](O)C(O)C6O)c5)c5nc(c(-c6cccc(OC7O[C@H](CO)C(O)C(O)[C@H]7O)c6)c6ccc3[nH]6)C(O)(C(F)(F)F)C5(O)C(F)(F)F)C=C4)c2)C(O)C(O)[C@@H]1O. The van der Waals surface area contributed by atoms with Crippen molar-refractivity contribution in [2.75, 3.05) is 26.4 Å². The van der Waals surface area contributed by atoms with Crippen LogP contribution in [0.1, 0.15) is 22.8 Å². The summed E-state index contributed by atoms with van der Waals surface area (Å²) in [6.07, 6.45) is -47.5. The number of aromatic nitrogens is 4. The van der Waals surface area contributed by atoms with Gasteiger partial charge >= 0.3 is 12.4 Å². The van der Waals surface area contributed by atoms with Gasteiger partial charge in [0.05, 0.1) is 49.2 Å². The van der Waals surface area contributed by atoms with Gasteiger partial charge in [0, 0.05) is 44.3 Å². The zero-order valence-electron chi connectivity index (χ0n) is 54.6. The number of hydrogen-bond donors (Lipinski definition) is 20. The Morgan fingerprint density at radius 3 is 0.830 bits per heavy atom. The minimum atomic E-state index is -6.66. The molecule has 568 valence electrons. The van der Waals surface area contributed by atoms with Crippen LogP contribution in [0.5, 0.6) is 23.0 Å². The Hall–Kier alpha value is -8.36. The molecule has 4 fully saturated rings. The van der Waals surface area contributed by atoms with Gasteiger partial charge in [0.25, 0.3) is 0 Å². The van der Waals surface area contributed by atoms with Crippen LogP contribution in [0, 0.1) is 0 Å². The Morgan fingerprint density at radius 2 is 0.585 bits per heavy atom. The number of aliphatic hydroxyl groups excluding tert-OH is 16. The van der Waals surface area contributed by atoms with Crippen LogP contribution >= 0.6 is 0 Å². The van der Waals surface area contributed by atoms with Gasteiger partial charge in [-0.1, -0.05) is 48.5 Å². The van der Waals surface area contributed by atoms with E-state index in [2.05, 4.69) is 15.0 Å². The van der Waals surface area contributed by atoms with Crippen molar-refractivity contribution in [3.05, 3.63) is 144 Å². The maximum absolute atomic E-state index is 17.0. The molecule has 30 nitrogen and oxygen atoms in total. The Labute approximate surface area is 592 Å². The Balaban J connectivity index is 1.14. The van der Waals surface area contributed by atoms with Crippen LogP contribution in [0.25, 0.3) is 78.7 Å². The van der Waals surface area contributed by atoms with Crippen LogP contribution in [0.4, 0.5) is 26.3 Å². The molecule has 0 saturated carbocycles. The number of aromatic amines is 2. The number of alkyl halides is 6. The van der Waals surface area contributed by atoms with Crippen molar-refractivity contribution in [1.82, 2.24) is 19.9 Å². The fourth-order valence-electron chi connectivity index (χ4n) is 13.6. The smallest absolute Gasteiger partial charge is 0.426 e. The molecule has 13 rings (SSSR count). The maximum Gasteiger partial charge on any atom is 0.426 e. The quantitative estimate of drug-likeness (QED) is 0.0569. The van der Waals surface area contributed by atoms with E-state index in [9.17, 15) is 91.9 Å². The normalized spacial score (nSPS) is 32.8. The molecule has 0 spiro atoms. The average molecular weight is 1500 g/mol. The highest BCUT2D eigenvalue weighted by Crippen LogP contribution is 2.63. The minimum absolute atomic E-state index is 0.0333. The van der Waals surface area contributed by atoms with E-state index in [1.807, 2.05) is 0 Å². The van der Waals surface area contributed by atoms with Crippen molar-refractivity contribution in [2.45, 2.75) is 146 Å². The molecular weight excluding hydrogens is 1430 g/mol. The van der Waals surface area contributed by atoms with Gasteiger partial charge in [0.2, 0.25) is 36.4 Å². The number of hydrogen-bond acceptors (Lipinski definition) is 28. The standard InChI is InChI=1S/C70H70F6N4O26/c71-69(72,73)67(97)61-47(29-7-3-11-33(21-29)101-65-59(95)55(91)51(87)43(25-83)105-65)39-17-15-37(78-39)45(27-5-1-9-31(19-27)99-63-57(93)53(89)49(85)41(23-81)103-63)35-13-14-36(77-35)46(28-6-2-10-32(20-28)100-64-58(94)54(90)50(86)42(24-82)104-64)38-16-18-40(79-38)48(62(80-61)68(67,98)70(74,75)76)30-8-4-12-34(22-30)102-66-60(96)56(92)52(88)44(26-84)106-66/h1-22,41-44,49-60,63-66,78-79,81-98H,23-26H2/t41?,42?,43-,44?,49-,50-,51?,52-,53?,54?,55?,56?,57?,58?,59-,60?,63-,64-,65?,66-,67?,68?/m1/s1. The summed E-state index contributed by atoms with van der Waals surface area (Å²) >= 11 is 0. The molecule has 6 aliphatic heterocycles. The van der Waals surface area contributed by atoms with Gasteiger partial charge in [-0.3, -0.25) is 0 Å². The summed E-state index contributed by atoms with van der Waals surface area (Å²) in [6.45, 7) is -3.61. The van der Waals surface area contributed by atoms with E-state index in [0.29, 0.717) is 0 Å². The number of H-pyrrole nitrogens is 2. The van der Waals surface area contributed by atoms with Crippen molar-refractivity contribution in [2.24, 2.45) is 0 Å². The van der Waals surface area contributed by atoms with Gasteiger partial charge in [-0.2, -0.15) is 26.3 Å². The number of ether oxygens (including phenoxy) is 8. The first-order valence-electron chi connectivity index (χ1n) is 32.7. The van der Waals surface area contributed by atoms with Crippen LogP contribution < -0.4 is 18.9 Å². The molecular formula is C70H70F6N4O26. The van der Waals surface area contributed by atoms with Crippen molar-refractivity contribution in [3.8, 4) is 67.5 Å². The second-order valence-corrected chi connectivity index (χ2v) is 25.9. The third-order valence-electron chi connectivity index (χ3n) is 19.2. The molecule has 8 bridgehead atoms. The van der Waals surface area contributed by atoms with Gasteiger partial charge in [-0.05, 0) is 107 Å². The zero-order valence-corrected chi connectivity index (χ0v) is 54.6. The number of aliphatic hydroxyl groups is 18. The number of benzene rings is 4. The lowest BCUT2D eigenvalue weighted by atomic mass is 9.75. The first-order chi connectivity index (χ1) is 50.3. The van der Waals surface area contributed by atoms with Crippen LogP contribution in [0.2, 0.25) is 0 Å². The monoisotopic (exact) mass is 1500 g/mol. The van der Waals surface area contributed by atoms with Gasteiger partial charge in [-0.25, -0.2) is 9.97 Å². The van der Waals surface area contributed by atoms with E-state index in [1.54, 1.807) is 0 Å². The van der Waals surface area contributed by atoms with Gasteiger partial charge in [0.15, 0.2) is 0 Å². The summed E-state index contributed by atoms with van der Waals surface area (Å²) in [5, 5.41) is 195. The van der Waals surface area contributed by atoms with Crippen molar-refractivity contribution >= 4 is 34.2 Å². The number of fused-ring (bicyclic) bond motifs is 8. The lowest BCUT2D eigenvalue weighted by Gasteiger charge is -2.40. The van der Waals surface area contributed by atoms with Gasteiger partial charge in [0.1, 0.15) is 121 Å². The van der Waals surface area contributed by atoms with E-state index in [1.165, 1.54) is 72.8 Å². The number of nitrogens with zero attached hydrogens (tertiary/aromatic N) is 2. The first kappa shape index (κ1) is 75.9. The lowest BCUT2D eigenvalue weighted by Crippen LogP contribution is -2.63. The number of rotatable bonds is 16. The predicted molar refractivity (Wildman–Crippen MR) is 349 cm³/mol. The molecule has 9 heterocycles. The van der Waals surface area contributed by atoms with Gasteiger partial charge in [-0.15, -0.1) is 0 Å². The highest BCUT2D eigenvalue weighted by atomic mass is 19.4. The lowest BCUT2D eigenvalue weighted by molar-refractivity contribution is -0.394. The van der Waals surface area contributed by atoms with E-state index in [4.69, 9.17) is 42.9 Å². The summed E-state index contributed by atoms with van der Waals surface area (Å²) in [7, 11) is 0. The van der Waals surface area contributed by atoms with Crippen LogP contribution in [0.15, 0.2) is 121 Å². The molecule has 0 radical (unpaired) electrons. The third kappa shape index (κ3) is 13.3. The molecule has 0 aliphatic carbocycles. The summed E-state index contributed by atoms with van der Waals surface area (Å²) in [5.74, 6) is -1.33. The molecule has 22 atom stereocenters. The van der Waals surface area contributed by atoms with Crippen LogP contribution in [-0.2, 0) is 30.1 Å². The van der Waals surface area contributed by atoms with Crippen molar-refractivity contribution in [1.29, 1.82) is 0 Å². The molecule has 20 N–H and O–H groups in total. The van der Waals surface area contributed by atoms with Gasteiger partial charge < -0.3 is 140 Å². The minimum Gasteiger partial charge on any atom is -0.462 e. The third-order valence-corrected chi connectivity index (χ3v) is 19.2. The number of nitrogens with one attached hydrogen (secondary N) is 2. The molecule has 6 aliphatic rings. The Bertz CT molecular complexity index is 4300. The van der Waals surface area contributed by atoms with Crippen LogP contribution in [0.3, 0.4) is 0 Å². The van der Waals surface area contributed by atoms with Crippen molar-refractivity contribution < 1.29 is 156 Å². The zero-order chi connectivity index (χ0) is 76.0. The van der Waals surface area contributed by atoms with Crippen LogP contribution in [-0.4, -0.2) is 273 Å². The molecule has 106 heavy (non-hydrogen) atoms. The molecule has 3 aromatic heterocycles. The predicted octanol–water partition coefficient (Wildman–Crippen LogP) is 0.0680. The molecule has 0 amide bonds. The topological polar surface area (TPSA) is 495 Å². The summed E-state index contributed by atoms with van der Waals surface area (Å²) in [5.41, 5.74) is -20.3. The van der Waals surface area contributed by atoms with E-state index >= 15 is 26.3 Å². The number of halogens is 6.